The van der Waals surface area contributed by atoms with Crippen molar-refractivity contribution in [1.29, 1.82) is 0 Å². The van der Waals surface area contributed by atoms with Gasteiger partial charge < -0.3 is 4.74 Å². The minimum absolute atomic E-state index is 0.0837. The predicted molar refractivity (Wildman–Crippen MR) is 65.2 cm³/mol. The zero-order valence-corrected chi connectivity index (χ0v) is 9.57. The highest BCUT2D eigenvalue weighted by atomic mass is 16.6. The molecule has 1 heterocycles. The maximum atomic E-state index is 11.7. The molecule has 0 spiro atoms. The monoisotopic (exact) mass is 246 g/mol. The van der Waals surface area contributed by atoms with Crippen molar-refractivity contribution in [3.63, 3.8) is 0 Å². The first-order valence-corrected chi connectivity index (χ1v) is 5.14. The molecule has 1 aromatic heterocycles. The molecule has 0 radical (unpaired) electrons. The lowest BCUT2D eigenvalue weighted by Crippen LogP contribution is -2.16. The van der Waals surface area contributed by atoms with E-state index in [0.29, 0.717) is 5.69 Å². The van der Waals surface area contributed by atoms with Gasteiger partial charge in [-0.2, -0.15) is 0 Å². The zero-order valence-electron chi connectivity index (χ0n) is 9.57. The van der Waals surface area contributed by atoms with E-state index >= 15 is 0 Å². The molecule has 1 aromatic carbocycles. The third kappa shape index (κ3) is 2.08. The van der Waals surface area contributed by atoms with Crippen molar-refractivity contribution >= 4 is 5.69 Å². The normalized spacial score (nSPS) is 10.1. The number of ether oxygens (including phenoxy) is 1. The van der Waals surface area contributed by atoms with E-state index in [2.05, 4.69) is 0 Å². The van der Waals surface area contributed by atoms with Gasteiger partial charge in [0, 0.05) is 18.3 Å². The van der Waals surface area contributed by atoms with Crippen LogP contribution < -0.4 is 10.3 Å². The van der Waals surface area contributed by atoms with Gasteiger partial charge in [-0.1, -0.05) is 6.07 Å². The number of nitro benzene ring substituents is 1. The fraction of sp³-hybridized carbons (Fsp3) is 0.0833. The number of benzene rings is 1. The lowest BCUT2D eigenvalue weighted by atomic mass is 10.2. The van der Waals surface area contributed by atoms with Gasteiger partial charge in [-0.25, -0.2) is 0 Å². The molecule has 0 saturated carbocycles. The highest BCUT2D eigenvalue weighted by Gasteiger charge is 2.12. The predicted octanol–water partition coefficient (Wildman–Crippen LogP) is 1.75. The zero-order chi connectivity index (χ0) is 13.1. The average molecular weight is 246 g/mol. The van der Waals surface area contributed by atoms with Crippen LogP contribution in [0.1, 0.15) is 0 Å². The van der Waals surface area contributed by atoms with Crippen LogP contribution >= 0.6 is 0 Å². The van der Waals surface area contributed by atoms with E-state index in [1.165, 1.54) is 35.9 Å². The van der Waals surface area contributed by atoms with Crippen molar-refractivity contribution in [2.24, 2.45) is 0 Å². The van der Waals surface area contributed by atoms with Crippen molar-refractivity contribution < 1.29 is 9.66 Å². The maximum absolute atomic E-state index is 11.7. The van der Waals surface area contributed by atoms with Crippen LogP contribution in [-0.4, -0.2) is 16.6 Å². The summed E-state index contributed by atoms with van der Waals surface area (Å²) in [6.45, 7) is 0. The summed E-state index contributed by atoms with van der Waals surface area (Å²) in [4.78, 5) is 21.8. The highest BCUT2D eigenvalue weighted by molar-refractivity contribution is 5.53. The van der Waals surface area contributed by atoms with Gasteiger partial charge in [0.25, 0.3) is 11.2 Å². The summed E-state index contributed by atoms with van der Waals surface area (Å²) in [5.41, 5.74) is 0.151. The van der Waals surface area contributed by atoms with Gasteiger partial charge in [0.1, 0.15) is 5.75 Å². The van der Waals surface area contributed by atoms with E-state index < -0.39 is 4.92 Å². The van der Waals surface area contributed by atoms with E-state index in [9.17, 15) is 14.9 Å². The molecule has 0 atom stereocenters. The second-order valence-electron chi connectivity index (χ2n) is 3.52. The van der Waals surface area contributed by atoms with Crippen molar-refractivity contribution in [3.05, 3.63) is 63.1 Å². The number of nitrogens with zero attached hydrogens (tertiary/aromatic N) is 2. The topological polar surface area (TPSA) is 74.4 Å². The molecule has 0 aliphatic carbocycles. The Balaban J connectivity index is 2.62. The summed E-state index contributed by atoms with van der Waals surface area (Å²) >= 11 is 0. The van der Waals surface area contributed by atoms with Crippen LogP contribution in [-0.2, 0) is 0 Å². The smallest absolute Gasteiger partial charge is 0.273 e. The molecular formula is C12H10N2O4. The molecule has 6 nitrogen and oxygen atoms in total. The van der Waals surface area contributed by atoms with Gasteiger partial charge in [0.2, 0.25) is 0 Å². The molecule has 2 aromatic rings. The Morgan fingerprint density at radius 2 is 2.06 bits per heavy atom. The molecule has 0 bridgehead atoms. The van der Waals surface area contributed by atoms with E-state index in [0.717, 1.165) is 0 Å². The van der Waals surface area contributed by atoms with Crippen molar-refractivity contribution in [3.8, 4) is 11.4 Å². The lowest BCUT2D eigenvalue weighted by Gasteiger charge is -2.09. The third-order valence-corrected chi connectivity index (χ3v) is 2.46. The van der Waals surface area contributed by atoms with E-state index in [1.807, 2.05) is 0 Å². The second-order valence-corrected chi connectivity index (χ2v) is 3.52. The Kier molecular flexibility index (Phi) is 3.09. The molecule has 2 rings (SSSR count). The maximum Gasteiger partial charge on any atom is 0.273 e. The number of non-ortho nitro benzene ring substituents is 1. The second kappa shape index (κ2) is 4.70. The minimum atomic E-state index is -0.514. The SMILES string of the molecule is COc1cc([N+](=O)[O-])ccc1-n1ccccc1=O. The highest BCUT2D eigenvalue weighted by Crippen LogP contribution is 2.26. The first-order chi connectivity index (χ1) is 8.63. The summed E-state index contributed by atoms with van der Waals surface area (Å²) in [5.74, 6) is 0.275. The van der Waals surface area contributed by atoms with Crippen LogP contribution in [0, 0.1) is 10.1 Å². The summed E-state index contributed by atoms with van der Waals surface area (Å²) in [6, 6.07) is 8.82. The molecule has 0 N–H and O–H groups in total. The van der Waals surface area contributed by atoms with Crippen molar-refractivity contribution in [1.82, 2.24) is 4.57 Å². The molecule has 0 unspecified atom stereocenters. The number of aromatic nitrogens is 1. The number of methoxy groups -OCH3 is 1. The Labute approximate surface area is 102 Å². The van der Waals surface area contributed by atoms with Gasteiger partial charge in [-0.15, -0.1) is 0 Å². The summed E-state index contributed by atoms with van der Waals surface area (Å²) in [6.07, 6.45) is 1.58. The molecule has 0 saturated heterocycles. The Morgan fingerprint density at radius 1 is 1.28 bits per heavy atom. The number of pyridine rings is 1. The first-order valence-electron chi connectivity index (χ1n) is 5.14. The van der Waals surface area contributed by atoms with Gasteiger partial charge in [0.05, 0.1) is 23.8 Å². The lowest BCUT2D eigenvalue weighted by molar-refractivity contribution is -0.384. The largest absolute Gasteiger partial charge is 0.494 e. The fourth-order valence-electron chi connectivity index (χ4n) is 1.61. The Bertz CT molecular complexity index is 649. The molecule has 0 amide bonds. The quantitative estimate of drug-likeness (QED) is 0.610. The van der Waals surface area contributed by atoms with Gasteiger partial charge in [-0.3, -0.25) is 19.5 Å². The third-order valence-electron chi connectivity index (χ3n) is 2.46. The standard InChI is InChI=1S/C12H10N2O4/c1-18-11-8-9(14(16)17)5-6-10(11)13-7-3-2-4-12(13)15/h2-8H,1H3. The Hall–Kier alpha value is -2.63. The van der Waals surface area contributed by atoms with E-state index in [1.54, 1.807) is 18.3 Å². The molecule has 0 aliphatic heterocycles. The van der Waals surface area contributed by atoms with Crippen LogP contribution in [0.3, 0.4) is 0 Å². The van der Waals surface area contributed by atoms with Crippen LogP contribution in [0.2, 0.25) is 0 Å². The molecule has 92 valence electrons. The number of nitro groups is 1. The van der Waals surface area contributed by atoms with Crippen LogP contribution in [0.4, 0.5) is 5.69 Å². The Morgan fingerprint density at radius 3 is 2.67 bits per heavy atom. The van der Waals surface area contributed by atoms with Gasteiger partial charge >= 0.3 is 0 Å². The van der Waals surface area contributed by atoms with E-state index in [4.69, 9.17) is 4.74 Å². The number of rotatable bonds is 3. The molecule has 0 aliphatic rings. The van der Waals surface area contributed by atoms with Gasteiger partial charge in [0.15, 0.2) is 0 Å². The summed E-state index contributed by atoms with van der Waals surface area (Å²) in [7, 11) is 1.40. The van der Waals surface area contributed by atoms with Crippen LogP contribution in [0.25, 0.3) is 5.69 Å². The van der Waals surface area contributed by atoms with Crippen molar-refractivity contribution in [2.75, 3.05) is 7.11 Å². The van der Waals surface area contributed by atoms with Crippen LogP contribution in [0.15, 0.2) is 47.4 Å². The fourth-order valence-corrected chi connectivity index (χ4v) is 1.61. The summed E-state index contributed by atoms with van der Waals surface area (Å²) in [5, 5.41) is 10.7. The molecule has 0 fully saturated rings. The van der Waals surface area contributed by atoms with E-state index in [-0.39, 0.29) is 17.0 Å². The number of hydrogen-bond acceptors (Lipinski definition) is 4. The molecule has 18 heavy (non-hydrogen) atoms. The van der Waals surface area contributed by atoms with Crippen molar-refractivity contribution in [2.45, 2.75) is 0 Å². The minimum Gasteiger partial charge on any atom is -0.494 e. The van der Waals surface area contributed by atoms with Gasteiger partial charge in [-0.05, 0) is 12.1 Å². The first kappa shape index (κ1) is 11.8. The number of hydrogen-bond donors (Lipinski definition) is 0. The molecule has 6 heteroatoms. The summed E-state index contributed by atoms with van der Waals surface area (Å²) < 4.78 is 6.45. The molecular weight excluding hydrogens is 236 g/mol. The average Bonchev–Trinajstić information content (AvgIpc) is 2.38. The van der Waals surface area contributed by atoms with Crippen LogP contribution in [0.5, 0.6) is 5.75 Å².